The maximum atomic E-state index is 13.0. The summed E-state index contributed by atoms with van der Waals surface area (Å²) in [7, 11) is 0. The molecule has 2 fully saturated rings. The highest BCUT2D eigenvalue weighted by Crippen LogP contribution is 2.32. The molecule has 0 radical (unpaired) electrons. The molecule has 2 N–H and O–H groups in total. The molecular formula is C24H26N6O3. The van der Waals surface area contributed by atoms with Gasteiger partial charge in [-0.05, 0) is 49.9 Å². The Hall–Kier alpha value is -3.75. The van der Waals surface area contributed by atoms with Gasteiger partial charge in [-0.2, -0.15) is 0 Å². The molecule has 3 amide bonds. The van der Waals surface area contributed by atoms with Crippen LogP contribution in [0, 0.1) is 11.8 Å². The van der Waals surface area contributed by atoms with Gasteiger partial charge in [0, 0.05) is 37.1 Å². The van der Waals surface area contributed by atoms with Crippen molar-refractivity contribution in [3.05, 3.63) is 60.4 Å². The zero-order valence-corrected chi connectivity index (χ0v) is 18.2. The fraction of sp³-hybridized carbons (Fsp3) is 0.375. The Balaban J connectivity index is 1.28. The predicted octanol–water partition coefficient (Wildman–Crippen LogP) is 1.84. The third kappa shape index (κ3) is 4.30. The van der Waals surface area contributed by atoms with Crippen LogP contribution in [0.15, 0.2) is 54.9 Å². The number of hydrogen-bond donors (Lipinski definition) is 2. The zero-order chi connectivity index (χ0) is 22.8. The molecule has 2 aromatic rings. The molecule has 9 heteroatoms. The summed E-state index contributed by atoms with van der Waals surface area (Å²) in [5.74, 6) is -0.556. The second-order valence-electron chi connectivity index (χ2n) is 8.66. The molecule has 3 atom stereocenters. The van der Waals surface area contributed by atoms with E-state index in [1.54, 1.807) is 42.7 Å². The number of nitrogens with one attached hydrogen (secondary N) is 2. The number of anilines is 2. The molecule has 3 aliphatic rings. The van der Waals surface area contributed by atoms with Crippen molar-refractivity contribution in [2.24, 2.45) is 11.8 Å². The Bertz CT molecular complexity index is 1090. The minimum Gasteiger partial charge on any atom is -0.348 e. The summed E-state index contributed by atoms with van der Waals surface area (Å²) >= 11 is 0. The highest BCUT2D eigenvalue weighted by Gasteiger charge is 2.42. The highest BCUT2D eigenvalue weighted by atomic mass is 16.2. The van der Waals surface area contributed by atoms with E-state index in [1.807, 2.05) is 12.2 Å². The first-order valence-electron chi connectivity index (χ1n) is 11.3. The average Bonchev–Trinajstić information content (AvgIpc) is 2.87. The number of hydrazine groups is 1. The summed E-state index contributed by atoms with van der Waals surface area (Å²) in [6.45, 7) is 1.48. The summed E-state index contributed by atoms with van der Waals surface area (Å²) in [6.07, 6.45) is 10.2. The first-order valence-corrected chi connectivity index (χ1v) is 11.3. The largest absolute Gasteiger partial charge is 0.348 e. The number of piperidine rings is 1. The highest BCUT2D eigenvalue weighted by molar-refractivity contribution is 6.05. The number of fused-ring (bicyclic) bond motifs is 1. The number of hydrogen-bond acceptors (Lipinski definition) is 6. The fourth-order valence-corrected chi connectivity index (χ4v) is 4.77. The Morgan fingerprint density at radius 2 is 1.85 bits per heavy atom. The molecule has 1 aromatic heterocycles. The van der Waals surface area contributed by atoms with E-state index in [4.69, 9.17) is 0 Å². The van der Waals surface area contributed by atoms with Gasteiger partial charge in [-0.3, -0.25) is 19.8 Å². The quantitative estimate of drug-likeness (QED) is 0.694. The van der Waals surface area contributed by atoms with Crippen LogP contribution in [-0.4, -0.2) is 46.8 Å². The molecule has 2 saturated heterocycles. The molecule has 1 aliphatic carbocycles. The van der Waals surface area contributed by atoms with Crippen molar-refractivity contribution in [3.63, 3.8) is 0 Å². The van der Waals surface area contributed by atoms with Crippen LogP contribution in [0.2, 0.25) is 0 Å². The summed E-state index contributed by atoms with van der Waals surface area (Å²) in [6, 6.07) is 8.55. The third-order valence-electron chi connectivity index (χ3n) is 6.49. The van der Waals surface area contributed by atoms with E-state index in [1.165, 1.54) is 5.01 Å². The van der Waals surface area contributed by atoms with Crippen LogP contribution < -0.4 is 20.7 Å². The molecule has 1 aromatic carbocycles. The summed E-state index contributed by atoms with van der Waals surface area (Å²) in [4.78, 5) is 49.3. The Morgan fingerprint density at radius 3 is 2.67 bits per heavy atom. The van der Waals surface area contributed by atoms with Gasteiger partial charge < -0.3 is 10.2 Å². The molecule has 3 heterocycles. The van der Waals surface area contributed by atoms with E-state index in [-0.39, 0.29) is 35.6 Å². The van der Waals surface area contributed by atoms with Crippen molar-refractivity contribution in [3.8, 4) is 0 Å². The maximum Gasteiger partial charge on any atom is 0.251 e. The van der Waals surface area contributed by atoms with E-state index in [9.17, 15) is 14.4 Å². The summed E-state index contributed by atoms with van der Waals surface area (Å²) < 4.78 is 0. The van der Waals surface area contributed by atoms with Gasteiger partial charge in [-0.15, -0.1) is 0 Å². The third-order valence-corrected chi connectivity index (χ3v) is 6.49. The average molecular weight is 447 g/mol. The minimum absolute atomic E-state index is 0.0372. The van der Waals surface area contributed by atoms with Crippen LogP contribution >= 0.6 is 0 Å². The lowest BCUT2D eigenvalue weighted by Crippen LogP contribution is -2.59. The monoisotopic (exact) mass is 446 g/mol. The van der Waals surface area contributed by atoms with Crippen molar-refractivity contribution in [2.75, 3.05) is 23.0 Å². The molecule has 5 rings (SSSR count). The molecule has 9 nitrogen and oxygen atoms in total. The van der Waals surface area contributed by atoms with Gasteiger partial charge >= 0.3 is 0 Å². The second kappa shape index (κ2) is 9.01. The first-order chi connectivity index (χ1) is 16.1. The molecule has 0 spiro atoms. The van der Waals surface area contributed by atoms with Gasteiger partial charge in [0.15, 0.2) is 0 Å². The summed E-state index contributed by atoms with van der Waals surface area (Å²) in [5, 5.41) is 4.38. The number of carbonyl (C=O) groups excluding carboxylic acids is 3. The van der Waals surface area contributed by atoms with Crippen molar-refractivity contribution >= 4 is 29.4 Å². The molecule has 33 heavy (non-hydrogen) atoms. The molecule has 170 valence electrons. The van der Waals surface area contributed by atoms with Crippen molar-refractivity contribution in [1.29, 1.82) is 0 Å². The molecule has 3 unspecified atom stereocenters. The Morgan fingerprint density at radius 1 is 1.06 bits per heavy atom. The van der Waals surface area contributed by atoms with E-state index in [0.717, 1.165) is 19.4 Å². The van der Waals surface area contributed by atoms with Crippen LogP contribution in [0.1, 0.15) is 36.0 Å². The van der Waals surface area contributed by atoms with Crippen LogP contribution in [0.4, 0.5) is 11.6 Å². The lowest BCUT2D eigenvalue weighted by Gasteiger charge is -2.38. The number of carbonyl (C=O) groups is 3. The van der Waals surface area contributed by atoms with Gasteiger partial charge in [-0.1, -0.05) is 18.2 Å². The topological polar surface area (TPSA) is 108 Å². The SMILES string of the molecule is O=C(NC1CCCN(c2ncccn2)C1)c1cccc(N2NC(=O)C3CC=CCC3C2=O)c1. The van der Waals surface area contributed by atoms with Crippen LogP contribution in [0.3, 0.4) is 0 Å². The van der Waals surface area contributed by atoms with Gasteiger partial charge in [0.25, 0.3) is 5.91 Å². The van der Waals surface area contributed by atoms with Crippen molar-refractivity contribution in [2.45, 2.75) is 31.7 Å². The molecule has 0 bridgehead atoms. The Labute approximate surface area is 191 Å². The number of amides is 3. The number of nitrogens with zero attached hydrogens (tertiary/aromatic N) is 4. The number of aromatic nitrogens is 2. The predicted molar refractivity (Wildman–Crippen MR) is 122 cm³/mol. The maximum absolute atomic E-state index is 13.0. The molecular weight excluding hydrogens is 420 g/mol. The van der Waals surface area contributed by atoms with Crippen LogP contribution in [-0.2, 0) is 9.59 Å². The second-order valence-corrected chi connectivity index (χ2v) is 8.66. The van der Waals surface area contributed by atoms with Gasteiger partial charge in [0.05, 0.1) is 17.5 Å². The van der Waals surface area contributed by atoms with E-state index >= 15 is 0 Å². The van der Waals surface area contributed by atoms with Crippen molar-refractivity contribution in [1.82, 2.24) is 20.7 Å². The first kappa shape index (κ1) is 21.1. The van der Waals surface area contributed by atoms with Gasteiger partial charge in [0.2, 0.25) is 17.8 Å². The van der Waals surface area contributed by atoms with E-state index < -0.39 is 0 Å². The smallest absolute Gasteiger partial charge is 0.251 e. The summed E-state index contributed by atoms with van der Waals surface area (Å²) in [5.41, 5.74) is 3.63. The number of allylic oxidation sites excluding steroid dienone is 2. The van der Waals surface area contributed by atoms with E-state index in [0.29, 0.717) is 36.6 Å². The van der Waals surface area contributed by atoms with Crippen LogP contribution in [0.5, 0.6) is 0 Å². The number of benzene rings is 1. The lowest BCUT2D eigenvalue weighted by molar-refractivity contribution is -0.139. The molecule has 0 saturated carbocycles. The normalized spacial score (nSPS) is 24.8. The van der Waals surface area contributed by atoms with Crippen molar-refractivity contribution < 1.29 is 14.4 Å². The Kier molecular flexibility index (Phi) is 5.77. The number of rotatable bonds is 4. The standard InChI is InChI=1S/C24H26N6O3/c31-21(27-17-7-4-13-29(15-17)24-25-11-5-12-26-24)16-6-3-8-18(14-16)30-23(33)20-10-2-1-9-19(20)22(32)28-30/h1-3,5-6,8,11-12,14,17,19-20H,4,7,9-10,13,15H2,(H,27,31)(H,28,32). The fourth-order valence-electron chi connectivity index (χ4n) is 4.77. The minimum atomic E-state index is -0.366. The molecule has 2 aliphatic heterocycles. The van der Waals surface area contributed by atoms with Crippen LogP contribution in [0.25, 0.3) is 0 Å². The van der Waals surface area contributed by atoms with Gasteiger partial charge in [0.1, 0.15) is 0 Å². The lowest BCUT2D eigenvalue weighted by atomic mass is 9.80. The zero-order valence-electron chi connectivity index (χ0n) is 18.2. The van der Waals surface area contributed by atoms with E-state index in [2.05, 4.69) is 25.6 Å². The van der Waals surface area contributed by atoms with Gasteiger partial charge in [-0.25, -0.2) is 15.0 Å².